The van der Waals surface area contributed by atoms with Crippen molar-refractivity contribution in [2.45, 2.75) is 31.1 Å². The molecule has 0 heterocycles. The van der Waals surface area contributed by atoms with Gasteiger partial charge in [0.15, 0.2) is 5.96 Å². The Bertz CT molecular complexity index is 659. The summed E-state index contributed by atoms with van der Waals surface area (Å²) in [7, 11) is -4.13. The van der Waals surface area contributed by atoms with E-state index in [1.807, 2.05) is 0 Å². The van der Waals surface area contributed by atoms with E-state index in [1.54, 1.807) is 30.3 Å². The van der Waals surface area contributed by atoms with Crippen molar-refractivity contribution in [3.8, 4) is 0 Å². The summed E-state index contributed by atoms with van der Waals surface area (Å²) in [6.45, 7) is 1.72. The fourth-order valence-electron chi connectivity index (χ4n) is 1.73. The Balaban J connectivity index is 2.48. The summed E-state index contributed by atoms with van der Waals surface area (Å²) in [5, 5.41) is -0.996. The third-order valence-corrected chi connectivity index (χ3v) is 4.58. The number of carbonyl (C=O) groups excluding carboxylic acids is 1. The predicted octanol–water partition coefficient (Wildman–Crippen LogP) is -0.0669. The molecule has 0 aliphatic carbocycles. The van der Waals surface area contributed by atoms with Crippen molar-refractivity contribution in [1.82, 2.24) is 0 Å². The van der Waals surface area contributed by atoms with E-state index < -0.39 is 27.4 Å². The van der Waals surface area contributed by atoms with Crippen LogP contribution >= 0.6 is 0 Å². The Kier molecular flexibility index (Phi) is 7.62. The minimum Gasteiger partial charge on any atom is -0.370 e. The number of nitrogens with two attached hydrogens (primary N) is 3. The van der Waals surface area contributed by atoms with Crippen molar-refractivity contribution in [3.63, 3.8) is 0 Å². The summed E-state index contributed by atoms with van der Waals surface area (Å²) in [6.07, 6.45) is 0.647. The summed E-state index contributed by atoms with van der Waals surface area (Å²) >= 11 is 0. The van der Waals surface area contributed by atoms with Crippen LogP contribution in [0.2, 0.25) is 0 Å². The van der Waals surface area contributed by atoms with Crippen LogP contribution in [0.1, 0.15) is 30.6 Å². The molecule has 6 N–H and O–H groups in total. The van der Waals surface area contributed by atoms with E-state index in [1.165, 1.54) is 6.92 Å². The second-order valence-electron chi connectivity index (χ2n) is 5.07. The molecule has 134 valence electrons. The molecule has 0 radical (unpaired) electrons. The summed E-state index contributed by atoms with van der Waals surface area (Å²) in [6, 6.07) is 7.36. The van der Waals surface area contributed by atoms with E-state index in [-0.39, 0.29) is 12.4 Å². The lowest BCUT2D eigenvalue weighted by molar-refractivity contribution is -0.213. The average Bonchev–Trinajstić information content (AvgIpc) is 2.56. The Morgan fingerprint density at radius 2 is 1.88 bits per heavy atom. The van der Waals surface area contributed by atoms with Gasteiger partial charge in [-0.1, -0.05) is 34.7 Å². The fourth-order valence-corrected chi connectivity index (χ4v) is 2.50. The lowest BCUT2D eigenvalue weighted by atomic mass is 10.2. The van der Waals surface area contributed by atoms with Crippen molar-refractivity contribution in [3.05, 3.63) is 35.9 Å². The number of hydrogen-bond acceptors (Lipinski definition) is 7. The zero-order valence-corrected chi connectivity index (χ0v) is 14.1. The van der Waals surface area contributed by atoms with Crippen LogP contribution in [0, 0.1) is 0 Å². The lowest BCUT2D eigenvalue weighted by Crippen LogP contribution is -2.33. The van der Waals surface area contributed by atoms with Crippen molar-refractivity contribution < 1.29 is 22.4 Å². The van der Waals surface area contributed by atoms with Crippen molar-refractivity contribution >= 4 is 22.0 Å². The van der Waals surface area contributed by atoms with Gasteiger partial charge in [0.2, 0.25) is 0 Å². The molecule has 0 aliphatic rings. The second-order valence-corrected chi connectivity index (χ2v) is 6.90. The first-order valence-corrected chi connectivity index (χ1v) is 8.71. The Hall–Kier alpha value is -2.17. The van der Waals surface area contributed by atoms with E-state index in [2.05, 4.69) is 14.2 Å². The maximum absolute atomic E-state index is 12.0. The largest absolute Gasteiger partial charge is 0.370 e. The SMILES string of the molecule is CC(c1ccccc1)S(=O)(=O)OOC(=O)[C@@H](N)CCCN=C(N)N. The Morgan fingerprint density at radius 1 is 1.25 bits per heavy atom. The number of rotatable bonds is 9. The van der Waals surface area contributed by atoms with E-state index in [0.29, 0.717) is 18.5 Å². The molecule has 0 saturated carbocycles. The van der Waals surface area contributed by atoms with Crippen molar-refractivity contribution in [2.24, 2.45) is 22.2 Å². The fraction of sp³-hybridized carbons (Fsp3) is 0.429. The van der Waals surface area contributed by atoms with Gasteiger partial charge in [-0.05, 0) is 25.3 Å². The molecular formula is C14H22N4O5S. The van der Waals surface area contributed by atoms with Gasteiger partial charge in [0.25, 0.3) is 0 Å². The zero-order valence-electron chi connectivity index (χ0n) is 13.3. The van der Waals surface area contributed by atoms with Gasteiger partial charge in [0.1, 0.15) is 11.3 Å². The van der Waals surface area contributed by atoms with E-state index >= 15 is 0 Å². The zero-order chi connectivity index (χ0) is 18.2. The van der Waals surface area contributed by atoms with Crippen LogP contribution in [0.15, 0.2) is 35.3 Å². The highest BCUT2D eigenvalue weighted by atomic mass is 32.2. The van der Waals surface area contributed by atoms with Gasteiger partial charge >= 0.3 is 16.1 Å². The molecule has 24 heavy (non-hydrogen) atoms. The topological polar surface area (TPSA) is 160 Å². The Labute approximate surface area is 140 Å². The smallest absolute Gasteiger partial charge is 0.360 e. The summed E-state index contributed by atoms with van der Waals surface area (Å²) < 4.78 is 28.4. The van der Waals surface area contributed by atoms with Crippen LogP contribution in [0.4, 0.5) is 0 Å². The molecule has 0 spiro atoms. The maximum atomic E-state index is 12.0. The quantitative estimate of drug-likeness (QED) is 0.182. The number of guanidine groups is 1. The molecule has 2 atom stereocenters. The molecule has 0 amide bonds. The van der Waals surface area contributed by atoms with Gasteiger partial charge in [-0.25, -0.2) is 4.79 Å². The summed E-state index contributed by atoms with van der Waals surface area (Å²) in [5.74, 6) is -1.04. The first-order chi connectivity index (χ1) is 11.2. The first-order valence-electron chi connectivity index (χ1n) is 7.23. The van der Waals surface area contributed by atoms with Crippen LogP contribution in [-0.2, 0) is 24.1 Å². The highest BCUT2D eigenvalue weighted by Crippen LogP contribution is 2.23. The molecule has 1 rings (SSSR count). The molecule has 0 saturated heterocycles. The highest BCUT2D eigenvalue weighted by Gasteiger charge is 2.27. The molecule has 1 aromatic rings. The van der Waals surface area contributed by atoms with Crippen LogP contribution in [0.5, 0.6) is 0 Å². The van der Waals surface area contributed by atoms with E-state index in [0.717, 1.165) is 0 Å². The highest BCUT2D eigenvalue weighted by molar-refractivity contribution is 7.86. The molecule has 10 heteroatoms. The van der Waals surface area contributed by atoms with Crippen molar-refractivity contribution in [2.75, 3.05) is 6.54 Å². The second kappa shape index (κ2) is 9.21. The van der Waals surface area contributed by atoms with Gasteiger partial charge in [-0.15, -0.1) is 0 Å². The maximum Gasteiger partial charge on any atom is 0.360 e. The molecule has 0 bridgehead atoms. The van der Waals surface area contributed by atoms with Crippen LogP contribution in [0.25, 0.3) is 0 Å². The summed E-state index contributed by atoms with van der Waals surface area (Å²) in [4.78, 5) is 19.7. The molecule has 1 aromatic carbocycles. The van der Waals surface area contributed by atoms with Crippen LogP contribution in [-0.4, -0.2) is 32.9 Å². The number of carbonyl (C=O) groups is 1. The minimum absolute atomic E-state index is 0.0597. The monoisotopic (exact) mass is 358 g/mol. The van der Waals surface area contributed by atoms with Crippen LogP contribution < -0.4 is 17.2 Å². The number of benzene rings is 1. The predicted molar refractivity (Wildman–Crippen MR) is 88.8 cm³/mol. The number of nitrogens with zero attached hydrogens (tertiary/aromatic N) is 1. The molecule has 0 aliphatic heterocycles. The third-order valence-electron chi connectivity index (χ3n) is 3.18. The lowest BCUT2D eigenvalue weighted by Gasteiger charge is -2.13. The molecule has 0 fully saturated rings. The molecule has 0 aromatic heterocycles. The van der Waals surface area contributed by atoms with Gasteiger partial charge in [-0.3, -0.25) is 9.88 Å². The van der Waals surface area contributed by atoms with E-state index in [9.17, 15) is 13.2 Å². The van der Waals surface area contributed by atoms with Gasteiger partial charge in [-0.2, -0.15) is 8.42 Å². The third kappa shape index (κ3) is 6.52. The molecule has 1 unspecified atom stereocenters. The standard InChI is InChI=1S/C14H22N4O5S/c1-10(11-6-3-2-4-7-11)24(20,21)23-22-13(19)12(15)8-5-9-18-14(16)17/h2-4,6-7,10,12H,5,8-9,15H2,1H3,(H4,16,17,18)/t10?,12-/m0/s1. The number of hydrogen-bond donors (Lipinski definition) is 3. The van der Waals surface area contributed by atoms with Gasteiger partial charge < -0.3 is 17.2 Å². The first kappa shape index (κ1) is 19.9. The van der Waals surface area contributed by atoms with Gasteiger partial charge in [0.05, 0.1) is 0 Å². The normalized spacial score (nSPS) is 13.8. The molecule has 9 nitrogen and oxygen atoms in total. The molecular weight excluding hydrogens is 336 g/mol. The Morgan fingerprint density at radius 3 is 2.46 bits per heavy atom. The number of aliphatic imine (C=N–C) groups is 1. The average molecular weight is 358 g/mol. The van der Waals surface area contributed by atoms with Gasteiger partial charge in [0, 0.05) is 6.54 Å². The minimum atomic E-state index is -4.13. The van der Waals surface area contributed by atoms with E-state index in [4.69, 9.17) is 17.2 Å². The van der Waals surface area contributed by atoms with Crippen LogP contribution in [0.3, 0.4) is 0 Å². The van der Waals surface area contributed by atoms with Crippen molar-refractivity contribution in [1.29, 1.82) is 0 Å². The summed E-state index contributed by atoms with van der Waals surface area (Å²) in [5.41, 5.74) is 16.4.